The maximum Gasteiger partial charge on any atom is 0.461 e. The molecule has 0 N–H and O–H groups in total. The summed E-state index contributed by atoms with van der Waals surface area (Å²) in [6.07, 6.45) is 0.580. The van der Waals surface area contributed by atoms with E-state index in [0.717, 1.165) is 12.1 Å². The van der Waals surface area contributed by atoms with Gasteiger partial charge >= 0.3 is 7.12 Å². The van der Waals surface area contributed by atoms with Crippen LogP contribution in [-0.4, -0.2) is 18.3 Å². The third kappa shape index (κ3) is 2.38. The minimum atomic E-state index is -0.901. The van der Waals surface area contributed by atoms with Gasteiger partial charge in [0.25, 0.3) is 0 Å². The number of hydrogen-bond donors (Lipinski definition) is 0. The quantitative estimate of drug-likeness (QED) is 0.767. The first kappa shape index (κ1) is 14.9. The van der Waals surface area contributed by atoms with Crippen LogP contribution in [0.5, 0.6) is 0 Å². The standard InChI is InChI=1S/C15H18BF3O2/c1-14(2)15(3,4)21-16(20-14)10-7-9(10)13-11(18)5-8(17)6-12(13)19/h5-6,9-10H,7H2,1-4H3/t9-,10-/m0/s1. The van der Waals surface area contributed by atoms with Crippen molar-refractivity contribution in [3.8, 4) is 0 Å². The summed E-state index contributed by atoms with van der Waals surface area (Å²) < 4.78 is 52.4. The van der Waals surface area contributed by atoms with Crippen molar-refractivity contribution in [1.82, 2.24) is 0 Å². The third-order valence-electron chi connectivity index (χ3n) is 4.88. The molecule has 21 heavy (non-hydrogen) atoms. The van der Waals surface area contributed by atoms with E-state index < -0.39 is 35.8 Å². The molecule has 3 rings (SSSR count). The highest BCUT2D eigenvalue weighted by molar-refractivity contribution is 6.49. The van der Waals surface area contributed by atoms with Crippen molar-refractivity contribution < 1.29 is 22.5 Å². The Morgan fingerprint density at radius 3 is 1.95 bits per heavy atom. The molecule has 0 amide bonds. The van der Waals surface area contributed by atoms with Crippen LogP contribution in [0.15, 0.2) is 12.1 Å². The minimum absolute atomic E-state index is 0.0592. The van der Waals surface area contributed by atoms with E-state index in [1.54, 1.807) is 0 Å². The average molecular weight is 298 g/mol. The van der Waals surface area contributed by atoms with Gasteiger partial charge in [0.2, 0.25) is 0 Å². The molecule has 1 aromatic carbocycles. The van der Waals surface area contributed by atoms with Gasteiger partial charge in [-0.2, -0.15) is 0 Å². The molecular weight excluding hydrogens is 280 g/mol. The van der Waals surface area contributed by atoms with E-state index in [2.05, 4.69) is 0 Å². The average Bonchev–Trinajstić information content (AvgIpc) is 3.01. The molecule has 1 saturated carbocycles. The molecule has 2 atom stereocenters. The Labute approximate surface area is 122 Å². The Morgan fingerprint density at radius 1 is 1.00 bits per heavy atom. The van der Waals surface area contributed by atoms with Gasteiger partial charge in [0.15, 0.2) is 0 Å². The zero-order valence-electron chi connectivity index (χ0n) is 12.5. The van der Waals surface area contributed by atoms with Gasteiger partial charge in [-0.25, -0.2) is 13.2 Å². The van der Waals surface area contributed by atoms with Crippen LogP contribution in [0.25, 0.3) is 0 Å². The Bertz CT molecular complexity index is 549. The summed E-state index contributed by atoms with van der Waals surface area (Å²) in [4.78, 5) is 0. The molecule has 1 aromatic rings. The molecule has 6 heteroatoms. The Kier molecular flexibility index (Phi) is 3.19. The normalized spacial score (nSPS) is 29.8. The largest absolute Gasteiger partial charge is 0.461 e. The van der Waals surface area contributed by atoms with E-state index in [1.807, 2.05) is 27.7 Å². The summed E-state index contributed by atoms with van der Waals surface area (Å²) in [7, 11) is -0.483. The smallest absolute Gasteiger partial charge is 0.403 e. The zero-order valence-corrected chi connectivity index (χ0v) is 12.5. The highest BCUT2D eigenvalue weighted by Crippen LogP contribution is 2.59. The first-order valence-corrected chi connectivity index (χ1v) is 7.12. The maximum atomic E-state index is 13.8. The maximum absolute atomic E-state index is 13.8. The van der Waals surface area contributed by atoms with E-state index in [0.29, 0.717) is 6.42 Å². The molecular formula is C15H18BF3O2. The molecule has 0 aromatic heterocycles. The summed E-state index contributed by atoms with van der Waals surface area (Å²) in [5.41, 5.74) is -0.994. The van der Waals surface area contributed by atoms with E-state index in [1.165, 1.54) is 0 Å². The highest BCUT2D eigenvalue weighted by atomic mass is 19.1. The summed E-state index contributed by atoms with van der Waals surface area (Å²) in [6.45, 7) is 7.74. The molecule has 2 nitrogen and oxygen atoms in total. The van der Waals surface area contributed by atoms with Gasteiger partial charge < -0.3 is 9.31 Å². The Hall–Kier alpha value is -1.01. The fourth-order valence-electron chi connectivity index (χ4n) is 2.82. The van der Waals surface area contributed by atoms with E-state index >= 15 is 0 Å². The summed E-state index contributed by atoms with van der Waals surface area (Å²) in [5.74, 6) is -2.99. The second kappa shape index (κ2) is 4.49. The van der Waals surface area contributed by atoms with E-state index in [-0.39, 0.29) is 17.3 Å². The van der Waals surface area contributed by atoms with Crippen molar-refractivity contribution in [3.05, 3.63) is 35.1 Å². The van der Waals surface area contributed by atoms with Crippen LogP contribution in [0.4, 0.5) is 13.2 Å². The molecule has 114 valence electrons. The lowest BCUT2D eigenvalue weighted by Crippen LogP contribution is -2.41. The fourth-order valence-corrected chi connectivity index (χ4v) is 2.82. The SMILES string of the molecule is CC1(C)OB([C@H]2C[C@@H]2c2c(F)cc(F)cc2F)OC1(C)C. The minimum Gasteiger partial charge on any atom is -0.403 e. The molecule has 2 fully saturated rings. The summed E-state index contributed by atoms with van der Waals surface area (Å²) in [5, 5.41) is 0. The van der Waals surface area contributed by atoms with Crippen LogP contribution in [0.1, 0.15) is 45.6 Å². The van der Waals surface area contributed by atoms with Crippen molar-refractivity contribution >= 4 is 7.12 Å². The van der Waals surface area contributed by atoms with Gasteiger partial charge in [0, 0.05) is 23.5 Å². The fraction of sp³-hybridized carbons (Fsp3) is 0.600. The second-order valence-corrected chi connectivity index (χ2v) is 6.91. The van der Waals surface area contributed by atoms with Gasteiger partial charge in [-0.1, -0.05) is 0 Å². The van der Waals surface area contributed by atoms with Crippen molar-refractivity contribution in [3.63, 3.8) is 0 Å². The Morgan fingerprint density at radius 2 is 1.48 bits per heavy atom. The van der Waals surface area contributed by atoms with E-state index in [9.17, 15) is 13.2 Å². The number of halogens is 3. The highest BCUT2D eigenvalue weighted by Gasteiger charge is 2.60. The monoisotopic (exact) mass is 298 g/mol. The second-order valence-electron chi connectivity index (χ2n) is 6.91. The molecule has 2 aliphatic rings. The number of rotatable bonds is 2. The molecule has 1 saturated heterocycles. The van der Waals surface area contributed by atoms with Gasteiger partial charge in [-0.3, -0.25) is 0 Å². The van der Waals surface area contributed by atoms with E-state index in [4.69, 9.17) is 9.31 Å². The number of hydrogen-bond acceptors (Lipinski definition) is 2. The first-order chi connectivity index (χ1) is 9.62. The van der Waals surface area contributed by atoms with Crippen molar-refractivity contribution in [2.45, 2.75) is 57.1 Å². The predicted molar refractivity (Wildman–Crippen MR) is 73.5 cm³/mol. The molecule has 0 unspecified atom stereocenters. The van der Waals surface area contributed by atoms with Crippen LogP contribution in [-0.2, 0) is 9.31 Å². The van der Waals surface area contributed by atoms with Crippen LogP contribution < -0.4 is 0 Å². The lowest BCUT2D eigenvalue weighted by atomic mass is 9.79. The first-order valence-electron chi connectivity index (χ1n) is 7.12. The molecule has 1 aliphatic carbocycles. The molecule has 0 spiro atoms. The van der Waals surface area contributed by atoms with Crippen molar-refractivity contribution in [2.75, 3.05) is 0 Å². The van der Waals surface area contributed by atoms with Gasteiger partial charge in [-0.15, -0.1) is 0 Å². The molecule has 0 radical (unpaired) electrons. The lowest BCUT2D eigenvalue weighted by Gasteiger charge is -2.32. The molecule has 1 heterocycles. The predicted octanol–water partition coefficient (Wildman–Crippen LogP) is 4.05. The van der Waals surface area contributed by atoms with Crippen molar-refractivity contribution in [2.24, 2.45) is 0 Å². The summed E-state index contributed by atoms with van der Waals surface area (Å²) >= 11 is 0. The number of benzene rings is 1. The van der Waals surface area contributed by atoms with Crippen LogP contribution in [0.3, 0.4) is 0 Å². The van der Waals surface area contributed by atoms with Crippen LogP contribution >= 0.6 is 0 Å². The lowest BCUT2D eigenvalue weighted by molar-refractivity contribution is 0.00578. The van der Waals surface area contributed by atoms with Crippen LogP contribution in [0.2, 0.25) is 5.82 Å². The Balaban J connectivity index is 1.80. The van der Waals surface area contributed by atoms with Gasteiger partial charge in [-0.05, 0) is 40.0 Å². The van der Waals surface area contributed by atoms with Gasteiger partial charge in [0.1, 0.15) is 17.5 Å². The molecule has 1 aliphatic heterocycles. The van der Waals surface area contributed by atoms with Crippen LogP contribution in [0, 0.1) is 17.5 Å². The molecule has 0 bridgehead atoms. The third-order valence-corrected chi connectivity index (χ3v) is 4.88. The van der Waals surface area contributed by atoms with Gasteiger partial charge in [0.05, 0.1) is 11.2 Å². The summed E-state index contributed by atoms with van der Waals surface area (Å²) in [6, 6.07) is 1.44. The zero-order chi connectivity index (χ0) is 15.6. The van der Waals surface area contributed by atoms with Crippen molar-refractivity contribution in [1.29, 1.82) is 0 Å². The topological polar surface area (TPSA) is 18.5 Å².